The lowest BCUT2D eigenvalue weighted by molar-refractivity contribution is 0.0650. The highest BCUT2D eigenvalue weighted by Gasteiger charge is 2.42. The summed E-state index contributed by atoms with van der Waals surface area (Å²) in [5.41, 5.74) is 9.88. The number of nitrogens with zero attached hydrogens (tertiary/aromatic N) is 4. The lowest BCUT2D eigenvalue weighted by Gasteiger charge is -2.40. The molecule has 4 aliphatic heterocycles. The number of fused-ring (bicyclic) bond motifs is 16. The first-order valence-corrected chi connectivity index (χ1v) is 29.0. The fraction of sp³-hybridized carbons (Fsp3) is 0.625. The molecule has 0 saturated heterocycles. The van der Waals surface area contributed by atoms with Gasteiger partial charge in [-0.3, -0.25) is 19.6 Å². The molecule has 1 aliphatic carbocycles. The Morgan fingerprint density at radius 2 is 0.513 bits per heavy atom. The van der Waals surface area contributed by atoms with Gasteiger partial charge in [-0.25, -0.2) is 0 Å². The molecule has 4 aromatic rings. The van der Waals surface area contributed by atoms with Crippen LogP contribution in [0.3, 0.4) is 0 Å². The minimum atomic E-state index is -0.374. The monoisotopic (exact) mass is 1040 g/mol. The molecule has 0 amide bonds. The van der Waals surface area contributed by atoms with Crippen LogP contribution in [-0.4, -0.2) is 91.1 Å². The number of hydrogen-bond donors (Lipinski definition) is 4. The number of benzene rings is 4. The van der Waals surface area contributed by atoms with E-state index >= 15 is 0 Å². The molecule has 4 N–H and O–H groups in total. The Morgan fingerprint density at radius 3 is 0.671 bits per heavy atom. The molecular formula is C64H92N4O8. The van der Waals surface area contributed by atoms with Crippen LogP contribution in [0, 0.1) is 23.7 Å². The molecule has 9 rings (SSSR count). The Morgan fingerprint density at radius 1 is 0.329 bits per heavy atom. The van der Waals surface area contributed by atoms with Gasteiger partial charge in [-0.1, -0.05) is 55.4 Å². The standard InChI is InChI=1S/C64H92N4O8/c1-33(2)17-41-45-21-50(62-53(57(45)69)25-65(30-74-62)37(9)10)43(19-35(5)6)47-23-52(64-55(59(47)71)27-67(32-76-64)39(13)14)44(20-36(7)8)48-24-51(63-56(60(48)72)28-68(31-75-63)40(15)16)42(18-34(3)4)46-22-49(41)61-54(58(46)70)26-66(29-73-61)38(11)12/h21-24,33-44,69-72H,17-20,25-32H2,1-16H3. The molecule has 4 unspecified atom stereocenters. The average molecular weight is 1050 g/mol. The fourth-order valence-electron chi connectivity index (χ4n) is 12.9. The summed E-state index contributed by atoms with van der Waals surface area (Å²) in [6.07, 6.45) is 2.72. The number of phenols is 4. The molecule has 8 bridgehead atoms. The average Bonchev–Trinajstić information content (AvgIpc) is 3.42. The molecule has 4 atom stereocenters. The van der Waals surface area contributed by atoms with Crippen molar-refractivity contribution in [1.29, 1.82) is 0 Å². The summed E-state index contributed by atoms with van der Waals surface area (Å²) in [4.78, 5) is 9.01. The smallest absolute Gasteiger partial charge is 0.142 e. The van der Waals surface area contributed by atoms with Crippen molar-refractivity contribution >= 4 is 0 Å². The van der Waals surface area contributed by atoms with Crippen molar-refractivity contribution in [1.82, 2.24) is 19.6 Å². The van der Waals surface area contributed by atoms with E-state index in [1.807, 2.05) is 0 Å². The fourth-order valence-corrected chi connectivity index (χ4v) is 12.9. The van der Waals surface area contributed by atoms with Gasteiger partial charge in [0.05, 0.1) is 22.3 Å². The van der Waals surface area contributed by atoms with Crippen molar-refractivity contribution in [2.24, 2.45) is 23.7 Å². The summed E-state index contributed by atoms with van der Waals surface area (Å²) in [7, 11) is 0. The van der Waals surface area contributed by atoms with Gasteiger partial charge in [-0.15, -0.1) is 0 Å². The van der Waals surface area contributed by atoms with Crippen LogP contribution in [0.1, 0.15) is 227 Å². The SMILES string of the molecule is CC(C)CC1c2cc(c3c(c2O)CN(C(C)C)CO3)C(CC(C)C)c2cc(c3c(c2O)CN(C(C)C)CO3)C(CC(C)C)c2cc(c3c(c2O)CN(C(C)C)CO3)C(CC(C)C)c2cc1c1c(c2O)CN(C(C)C)CO1. The first-order chi connectivity index (χ1) is 35.9. The van der Waals surface area contributed by atoms with Crippen LogP contribution in [0.5, 0.6) is 46.0 Å². The van der Waals surface area contributed by atoms with Gasteiger partial charge in [0.1, 0.15) is 72.9 Å². The molecule has 0 saturated carbocycles. The van der Waals surface area contributed by atoms with Crippen LogP contribution in [0.15, 0.2) is 24.3 Å². The molecule has 0 fully saturated rings. The van der Waals surface area contributed by atoms with E-state index in [1.54, 1.807) is 0 Å². The zero-order valence-electron chi connectivity index (χ0n) is 48.9. The third-order valence-electron chi connectivity index (χ3n) is 17.3. The second-order valence-electron chi connectivity index (χ2n) is 26.0. The van der Waals surface area contributed by atoms with E-state index in [9.17, 15) is 20.4 Å². The van der Waals surface area contributed by atoms with E-state index in [1.165, 1.54) is 0 Å². The predicted octanol–water partition coefficient (Wildman–Crippen LogP) is 13.8. The second kappa shape index (κ2) is 22.1. The summed E-state index contributed by atoms with van der Waals surface area (Å²) in [6, 6.07) is 9.42. The van der Waals surface area contributed by atoms with Gasteiger partial charge in [0.25, 0.3) is 0 Å². The highest BCUT2D eigenvalue weighted by Crippen LogP contribution is 2.58. The molecule has 0 spiro atoms. The van der Waals surface area contributed by atoms with Gasteiger partial charge < -0.3 is 39.4 Å². The van der Waals surface area contributed by atoms with Gasteiger partial charge in [0.2, 0.25) is 0 Å². The summed E-state index contributed by atoms with van der Waals surface area (Å²) < 4.78 is 27.9. The van der Waals surface area contributed by atoms with Crippen LogP contribution < -0.4 is 18.9 Å². The normalized spacial score (nSPS) is 21.3. The summed E-state index contributed by atoms with van der Waals surface area (Å²) in [5, 5.41) is 53.0. The van der Waals surface area contributed by atoms with Crippen molar-refractivity contribution in [3.63, 3.8) is 0 Å². The lowest BCUT2D eigenvalue weighted by Crippen LogP contribution is -2.38. The third-order valence-corrected chi connectivity index (χ3v) is 17.3. The van der Waals surface area contributed by atoms with Crippen molar-refractivity contribution in [3.05, 3.63) is 91.0 Å². The Kier molecular flexibility index (Phi) is 16.2. The largest absolute Gasteiger partial charge is 0.507 e. The first-order valence-electron chi connectivity index (χ1n) is 29.0. The van der Waals surface area contributed by atoms with Gasteiger partial charge >= 0.3 is 0 Å². The predicted molar refractivity (Wildman–Crippen MR) is 302 cm³/mol. The molecule has 12 heteroatoms. The maximum Gasteiger partial charge on any atom is 0.142 e. The van der Waals surface area contributed by atoms with Crippen molar-refractivity contribution in [3.8, 4) is 46.0 Å². The van der Waals surface area contributed by atoms with Crippen molar-refractivity contribution in [2.75, 3.05) is 26.9 Å². The Hall–Kier alpha value is -4.88. The van der Waals surface area contributed by atoms with E-state index in [-0.39, 0.29) is 94.5 Å². The quantitative estimate of drug-likeness (QED) is 0.108. The highest BCUT2D eigenvalue weighted by atomic mass is 16.5. The zero-order valence-corrected chi connectivity index (χ0v) is 48.9. The minimum Gasteiger partial charge on any atom is -0.507 e. The van der Waals surface area contributed by atoms with E-state index in [0.29, 0.717) is 102 Å². The Bertz CT molecular complexity index is 2410. The van der Waals surface area contributed by atoms with Crippen molar-refractivity contribution < 1.29 is 39.4 Å². The first kappa shape index (κ1) is 55.9. The molecule has 76 heavy (non-hydrogen) atoms. The van der Waals surface area contributed by atoms with Crippen LogP contribution >= 0.6 is 0 Å². The summed E-state index contributed by atoms with van der Waals surface area (Å²) in [6.45, 7) is 38.6. The van der Waals surface area contributed by atoms with E-state index in [4.69, 9.17) is 18.9 Å². The number of phenolic OH excluding ortho intramolecular Hbond substituents is 4. The molecule has 12 nitrogen and oxygen atoms in total. The lowest BCUT2D eigenvalue weighted by atomic mass is 9.73. The summed E-state index contributed by atoms with van der Waals surface area (Å²) >= 11 is 0. The topological polar surface area (TPSA) is 131 Å². The van der Waals surface area contributed by atoms with E-state index < -0.39 is 0 Å². The second-order valence-corrected chi connectivity index (χ2v) is 26.0. The Balaban J connectivity index is 1.50. The van der Waals surface area contributed by atoms with E-state index in [2.05, 4.69) is 155 Å². The number of ether oxygens (including phenoxy) is 4. The van der Waals surface area contributed by atoms with Crippen molar-refractivity contribution in [2.45, 2.75) is 210 Å². The maximum atomic E-state index is 13.2. The van der Waals surface area contributed by atoms with E-state index in [0.717, 1.165) is 66.8 Å². The zero-order chi connectivity index (χ0) is 54.9. The third kappa shape index (κ3) is 10.5. The molecule has 4 heterocycles. The highest BCUT2D eigenvalue weighted by molar-refractivity contribution is 5.69. The van der Waals surface area contributed by atoms with Crippen LogP contribution in [0.25, 0.3) is 0 Å². The van der Waals surface area contributed by atoms with Gasteiger partial charge in [0, 0.05) is 119 Å². The Labute approximate surface area is 455 Å². The van der Waals surface area contributed by atoms with Gasteiger partial charge in [-0.2, -0.15) is 0 Å². The van der Waals surface area contributed by atoms with Crippen LogP contribution in [0.2, 0.25) is 0 Å². The van der Waals surface area contributed by atoms with Gasteiger partial charge in [-0.05, 0) is 129 Å². The van der Waals surface area contributed by atoms with Crippen LogP contribution in [-0.2, 0) is 26.2 Å². The molecule has 5 aliphatic rings. The molecule has 0 radical (unpaired) electrons. The molecule has 0 aromatic heterocycles. The minimum absolute atomic E-state index is 0.149. The number of hydrogen-bond acceptors (Lipinski definition) is 12. The summed E-state index contributed by atoms with van der Waals surface area (Å²) in [5.74, 6) is 2.83. The van der Waals surface area contributed by atoms with Crippen LogP contribution in [0.4, 0.5) is 0 Å². The maximum absolute atomic E-state index is 13.2. The van der Waals surface area contributed by atoms with Gasteiger partial charge in [0.15, 0.2) is 0 Å². The number of rotatable bonds is 12. The number of aromatic hydroxyl groups is 4. The molecule has 416 valence electrons. The molecular weight excluding hydrogens is 953 g/mol. The molecule has 4 aromatic carbocycles.